The molecule has 1 aromatic rings. The number of hydrogen-bond acceptors (Lipinski definition) is 2. The first-order chi connectivity index (χ1) is 8.42. The second-order valence-corrected chi connectivity index (χ2v) is 4.98. The van der Waals surface area contributed by atoms with Crippen molar-refractivity contribution in [2.75, 3.05) is 13.1 Å². The number of amides is 1. The van der Waals surface area contributed by atoms with Crippen molar-refractivity contribution in [3.8, 4) is 0 Å². The average molecular weight is 254 g/mol. The molecule has 18 heavy (non-hydrogen) atoms. The summed E-state index contributed by atoms with van der Waals surface area (Å²) >= 11 is 0. The van der Waals surface area contributed by atoms with Crippen LogP contribution in [-0.4, -0.2) is 29.4 Å². The minimum absolute atomic E-state index is 0.0253. The molecule has 0 aromatic heterocycles. The van der Waals surface area contributed by atoms with Gasteiger partial charge in [0.25, 0.3) is 0 Å². The fourth-order valence-corrected chi connectivity index (χ4v) is 2.10. The van der Waals surface area contributed by atoms with E-state index in [1.54, 1.807) is 13.8 Å². The maximum atomic E-state index is 13.5. The van der Waals surface area contributed by atoms with Crippen molar-refractivity contribution in [2.45, 2.75) is 25.9 Å². The van der Waals surface area contributed by atoms with Crippen molar-refractivity contribution in [1.29, 1.82) is 0 Å². The highest BCUT2D eigenvalue weighted by Crippen LogP contribution is 2.19. The van der Waals surface area contributed by atoms with Gasteiger partial charge < -0.3 is 10.2 Å². The molecule has 0 spiro atoms. The molecule has 1 heterocycles. The first-order valence-electron chi connectivity index (χ1n) is 5.89. The number of nitrogens with one attached hydrogen (secondary N) is 1. The number of hydrogen-bond donors (Lipinski definition) is 1. The van der Waals surface area contributed by atoms with E-state index in [1.165, 1.54) is 23.1 Å². The summed E-state index contributed by atoms with van der Waals surface area (Å²) < 4.78 is 27.1. The highest BCUT2D eigenvalue weighted by Gasteiger charge is 2.35. The number of benzene rings is 1. The average Bonchev–Trinajstić information content (AvgIpc) is 2.29. The lowest BCUT2D eigenvalue weighted by Crippen LogP contribution is -2.60. The van der Waals surface area contributed by atoms with Crippen LogP contribution in [0.3, 0.4) is 0 Å². The Morgan fingerprint density at radius 2 is 1.94 bits per heavy atom. The smallest absolute Gasteiger partial charge is 0.242 e. The Hall–Kier alpha value is -1.49. The SMILES string of the molecule is CC1(C)NCCN(Cc2c(F)cccc2F)C1=O. The van der Waals surface area contributed by atoms with Crippen LogP contribution in [0.2, 0.25) is 0 Å². The molecular weight excluding hydrogens is 238 g/mol. The molecule has 0 radical (unpaired) electrons. The molecule has 0 atom stereocenters. The Balaban J connectivity index is 2.21. The molecule has 1 aliphatic heterocycles. The van der Waals surface area contributed by atoms with Crippen molar-refractivity contribution < 1.29 is 13.6 Å². The summed E-state index contributed by atoms with van der Waals surface area (Å²) in [5.41, 5.74) is -0.733. The van der Waals surface area contributed by atoms with Crippen molar-refractivity contribution in [1.82, 2.24) is 10.2 Å². The molecule has 0 aliphatic carbocycles. The Morgan fingerprint density at radius 1 is 1.33 bits per heavy atom. The second-order valence-electron chi connectivity index (χ2n) is 4.98. The van der Waals surface area contributed by atoms with Crippen LogP contribution in [0.4, 0.5) is 8.78 Å². The van der Waals surface area contributed by atoms with Crippen LogP contribution in [0.1, 0.15) is 19.4 Å². The van der Waals surface area contributed by atoms with Crippen LogP contribution in [0, 0.1) is 11.6 Å². The van der Waals surface area contributed by atoms with Gasteiger partial charge in [-0.3, -0.25) is 4.79 Å². The van der Waals surface area contributed by atoms with Crippen LogP contribution in [0.5, 0.6) is 0 Å². The zero-order valence-corrected chi connectivity index (χ0v) is 10.5. The summed E-state index contributed by atoms with van der Waals surface area (Å²) in [5, 5.41) is 3.07. The van der Waals surface area contributed by atoms with Gasteiger partial charge in [-0.05, 0) is 26.0 Å². The fourth-order valence-electron chi connectivity index (χ4n) is 2.10. The van der Waals surface area contributed by atoms with Gasteiger partial charge in [0.05, 0.1) is 12.1 Å². The molecule has 1 aliphatic rings. The van der Waals surface area contributed by atoms with Crippen LogP contribution >= 0.6 is 0 Å². The summed E-state index contributed by atoms with van der Waals surface area (Å²) in [4.78, 5) is 13.6. The lowest BCUT2D eigenvalue weighted by Gasteiger charge is -2.38. The maximum absolute atomic E-state index is 13.5. The van der Waals surface area contributed by atoms with E-state index in [1.807, 2.05) is 0 Å². The molecule has 3 nitrogen and oxygen atoms in total. The first-order valence-corrected chi connectivity index (χ1v) is 5.89. The van der Waals surface area contributed by atoms with E-state index in [0.29, 0.717) is 13.1 Å². The van der Waals surface area contributed by atoms with Crippen molar-refractivity contribution in [2.24, 2.45) is 0 Å². The number of rotatable bonds is 2. The zero-order chi connectivity index (χ0) is 13.3. The van der Waals surface area contributed by atoms with E-state index < -0.39 is 17.2 Å². The third kappa shape index (κ3) is 2.36. The van der Waals surface area contributed by atoms with E-state index in [0.717, 1.165) is 0 Å². The van der Waals surface area contributed by atoms with E-state index in [2.05, 4.69) is 5.32 Å². The summed E-state index contributed by atoms with van der Waals surface area (Å²) in [6.07, 6.45) is 0. The molecule has 0 saturated carbocycles. The lowest BCUT2D eigenvalue weighted by molar-refractivity contribution is -0.140. The molecule has 1 aromatic carbocycles. The van der Waals surface area contributed by atoms with Crippen molar-refractivity contribution >= 4 is 5.91 Å². The molecule has 1 amide bonds. The Labute approximate surface area is 105 Å². The van der Waals surface area contributed by atoms with Crippen molar-refractivity contribution in [3.63, 3.8) is 0 Å². The topological polar surface area (TPSA) is 32.3 Å². The number of carbonyl (C=O) groups is 1. The number of nitrogens with zero attached hydrogens (tertiary/aromatic N) is 1. The molecular formula is C13H16F2N2O. The van der Waals surface area contributed by atoms with Gasteiger partial charge in [0.15, 0.2) is 0 Å². The summed E-state index contributed by atoms with van der Waals surface area (Å²) in [5.74, 6) is -1.37. The van der Waals surface area contributed by atoms with Gasteiger partial charge in [-0.2, -0.15) is 0 Å². The number of piperazine rings is 1. The minimum atomic E-state index is -0.681. The van der Waals surface area contributed by atoms with E-state index in [-0.39, 0.29) is 18.0 Å². The van der Waals surface area contributed by atoms with Crippen LogP contribution in [-0.2, 0) is 11.3 Å². The zero-order valence-electron chi connectivity index (χ0n) is 10.5. The van der Waals surface area contributed by atoms with Gasteiger partial charge in [-0.25, -0.2) is 8.78 Å². The summed E-state index contributed by atoms with van der Waals surface area (Å²) in [6.45, 7) is 4.58. The summed E-state index contributed by atoms with van der Waals surface area (Å²) in [7, 11) is 0. The quantitative estimate of drug-likeness (QED) is 0.870. The Kier molecular flexibility index (Phi) is 3.34. The highest BCUT2D eigenvalue weighted by molar-refractivity contribution is 5.86. The van der Waals surface area contributed by atoms with Crippen molar-refractivity contribution in [3.05, 3.63) is 35.4 Å². The molecule has 2 rings (SSSR count). The maximum Gasteiger partial charge on any atom is 0.242 e. The molecule has 0 bridgehead atoms. The third-order valence-corrected chi connectivity index (χ3v) is 3.18. The van der Waals surface area contributed by atoms with Gasteiger partial charge >= 0.3 is 0 Å². The van der Waals surface area contributed by atoms with Gasteiger partial charge in [-0.1, -0.05) is 6.07 Å². The predicted molar refractivity (Wildman–Crippen MR) is 63.9 cm³/mol. The monoisotopic (exact) mass is 254 g/mol. The Bertz CT molecular complexity index is 454. The largest absolute Gasteiger partial charge is 0.335 e. The molecule has 1 saturated heterocycles. The second kappa shape index (κ2) is 4.65. The third-order valence-electron chi connectivity index (χ3n) is 3.18. The number of halogens is 2. The molecule has 1 N–H and O–H groups in total. The van der Waals surface area contributed by atoms with Gasteiger partial charge in [0.2, 0.25) is 5.91 Å². The van der Waals surface area contributed by atoms with E-state index in [9.17, 15) is 13.6 Å². The normalized spacial score (nSPS) is 19.1. The van der Waals surface area contributed by atoms with Crippen LogP contribution in [0.25, 0.3) is 0 Å². The minimum Gasteiger partial charge on any atom is -0.335 e. The first kappa shape index (κ1) is 13.0. The standard InChI is InChI=1S/C13H16F2N2O/c1-13(2)12(18)17(7-6-16-13)8-9-10(14)4-3-5-11(9)15/h3-5,16H,6-8H2,1-2H3. The Morgan fingerprint density at radius 3 is 2.56 bits per heavy atom. The van der Waals surface area contributed by atoms with Gasteiger partial charge in [0, 0.05) is 18.7 Å². The molecule has 98 valence electrons. The highest BCUT2D eigenvalue weighted by atomic mass is 19.1. The molecule has 1 fully saturated rings. The molecule has 0 unspecified atom stereocenters. The van der Waals surface area contributed by atoms with Gasteiger partial charge in [0.1, 0.15) is 11.6 Å². The number of carbonyl (C=O) groups excluding carboxylic acids is 1. The van der Waals surface area contributed by atoms with E-state index >= 15 is 0 Å². The van der Waals surface area contributed by atoms with E-state index in [4.69, 9.17) is 0 Å². The predicted octanol–water partition coefficient (Wildman–Crippen LogP) is 1.68. The fraction of sp³-hybridized carbons (Fsp3) is 0.462. The van der Waals surface area contributed by atoms with Crippen LogP contribution in [0.15, 0.2) is 18.2 Å². The van der Waals surface area contributed by atoms with Crippen LogP contribution < -0.4 is 5.32 Å². The molecule has 5 heteroatoms. The lowest BCUT2D eigenvalue weighted by atomic mass is 10.00. The summed E-state index contributed by atoms with van der Waals surface area (Å²) in [6, 6.07) is 3.73. The van der Waals surface area contributed by atoms with Gasteiger partial charge in [-0.15, -0.1) is 0 Å².